The Bertz CT molecular complexity index is 559. The molecule has 1 saturated heterocycles. The van der Waals surface area contributed by atoms with Gasteiger partial charge in [0.1, 0.15) is 5.56 Å². The zero-order valence-electron chi connectivity index (χ0n) is 12.4. The maximum atomic E-state index is 11.5. The number of carbonyl (C=O) groups excluding carboxylic acids is 1. The number of amides is 1. The van der Waals surface area contributed by atoms with E-state index in [1.54, 1.807) is 12.1 Å². The number of nitrogens with zero attached hydrogens (tertiary/aromatic N) is 2. The average Bonchev–Trinajstić information content (AvgIpc) is 2.46. The van der Waals surface area contributed by atoms with Crippen LogP contribution >= 0.6 is 0 Å². The van der Waals surface area contributed by atoms with E-state index in [2.05, 4.69) is 18.7 Å². The highest BCUT2D eigenvalue weighted by Gasteiger charge is 2.27. The number of carbonyl (C=O) groups is 1. The number of anilines is 1. The average molecular weight is 291 g/mol. The third-order valence-corrected chi connectivity index (χ3v) is 4.22. The van der Waals surface area contributed by atoms with Crippen molar-refractivity contribution in [3.05, 3.63) is 33.9 Å². The Morgan fingerprint density at radius 3 is 2.81 bits per heavy atom. The van der Waals surface area contributed by atoms with Crippen LogP contribution in [0.1, 0.15) is 43.5 Å². The monoisotopic (exact) mass is 291 g/mol. The third kappa shape index (κ3) is 3.15. The number of nitro benzene ring substituents is 1. The minimum Gasteiger partial charge on any atom is -0.369 e. The molecule has 1 fully saturated rings. The van der Waals surface area contributed by atoms with Gasteiger partial charge in [-0.1, -0.05) is 13.8 Å². The van der Waals surface area contributed by atoms with Gasteiger partial charge in [0.05, 0.1) is 4.92 Å². The van der Waals surface area contributed by atoms with E-state index in [-0.39, 0.29) is 11.3 Å². The number of nitrogens with two attached hydrogens (primary N) is 1. The molecule has 1 aromatic rings. The van der Waals surface area contributed by atoms with E-state index in [9.17, 15) is 14.9 Å². The number of hydrogen-bond donors (Lipinski definition) is 1. The molecule has 114 valence electrons. The molecule has 2 atom stereocenters. The Morgan fingerprint density at radius 1 is 1.52 bits per heavy atom. The van der Waals surface area contributed by atoms with Crippen LogP contribution in [-0.2, 0) is 0 Å². The van der Waals surface area contributed by atoms with Crippen LogP contribution in [0.25, 0.3) is 0 Å². The fourth-order valence-electron chi connectivity index (χ4n) is 3.04. The molecule has 0 unspecified atom stereocenters. The first kappa shape index (κ1) is 15.3. The van der Waals surface area contributed by atoms with Crippen LogP contribution in [0, 0.1) is 16.0 Å². The molecule has 1 heterocycles. The first-order valence-electron chi connectivity index (χ1n) is 7.29. The lowest BCUT2D eigenvalue weighted by Gasteiger charge is -2.40. The van der Waals surface area contributed by atoms with Gasteiger partial charge in [0, 0.05) is 24.3 Å². The molecule has 2 rings (SSSR count). The summed E-state index contributed by atoms with van der Waals surface area (Å²) in [5, 5.41) is 11.0. The van der Waals surface area contributed by atoms with Gasteiger partial charge in [-0.05, 0) is 37.3 Å². The van der Waals surface area contributed by atoms with Gasteiger partial charge in [0.25, 0.3) is 11.6 Å². The van der Waals surface area contributed by atoms with Gasteiger partial charge in [0.2, 0.25) is 0 Å². The largest absolute Gasteiger partial charge is 0.369 e. The fourth-order valence-corrected chi connectivity index (χ4v) is 3.04. The van der Waals surface area contributed by atoms with Crippen molar-refractivity contribution in [3.8, 4) is 0 Å². The Balaban J connectivity index is 2.38. The maximum Gasteiger partial charge on any atom is 0.282 e. The maximum absolute atomic E-state index is 11.5. The van der Waals surface area contributed by atoms with E-state index < -0.39 is 10.8 Å². The predicted octanol–water partition coefficient (Wildman–Crippen LogP) is 2.71. The number of primary amides is 1. The molecule has 1 aromatic carbocycles. The highest BCUT2D eigenvalue weighted by molar-refractivity contribution is 5.98. The van der Waals surface area contributed by atoms with Crippen molar-refractivity contribution < 1.29 is 9.72 Å². The van der Waals surface area contributed by atoms with Crippen LogP contribution in [0.5, 0.6) is 0 Å². The van der Waals surface area contributed by atoms with E-state index in [1.165, 1.54) is 6.07 Å². The summed E-state index contributed by atoms with van der Waals surface area (Å²) in [4.78, 5) is 24.1. The molecule has 2 N–H and O–H groups in total. The SMILES string of the molecule is CC[C@@H]1C[C@H](C)CCN1c1ccc([N+](=O)[O-])c(C(N)=O)c1. The minimum absolute atomic E-state index is 0.0222. The lowest BCUT2D eigenvalue weighted by atomic mass is 9.90. The molecule has 1 aliphatic heterocycles. The predicted molar refractivity (Wildman–Crippen MR) is 81.4 cm³/mol. The fraction of sp³-hybridized carbons (Fsp3) is 0.533. The molecular formula is C15H21N3O3. The Kier molecular flexibility index (Phi) is 4.45. The molecular weight excluding hydrogens is 270 g/mol. The highest BCUT2D eigenvalue weighted by Crippen LogP contribution is 2.32. The van der Waals surface area contributed by atoms with E-state index in [0.717, 1.165) is 31.5 Å². The van der Waals surface area contributed by atoms with Crippen molar-refractivity contribution >= 4 is 17.3 Å². The summed E-state index contributed by atoms with van der Waals surface area (Å²) in [6.07, 6.45) is 3.19. The van der Waals surface area contributed by atoms with Crippen LogP contribution in [0.4, 0.5) is 11.4 Å². The molecule has 0 aromatic heterocycles. The van der Waals surface area contributed by atoms with Crippen LogP contribution in [0.15, 0.2) is 18.2 Å². The Labute approximate surface area is 124 Å². The quantitative estimate of drug-likeness (QED) is 0.682. The molecule has 1 amide bonds. The van der Waals surface area contributed by atoms with E-state index in [4.69, 9.17) is 5.73 Å². The first-order chi connectivity index (χ1) is 9.93. The normalized spacial score (nSPS) is 22.1. The van der Waals surface area contributed by atoms with Gasteiger partial charge in [-0.2, -0.15) is 0 Å². The molecule has 0 spiro atoms. The molecule has 6 nitrogen and oxygen atoms in total. The Hall–Kier alpha value is -2.11. The lowest BCUT2D eigenvalue weighted by molar-refractivity contribution is -0.385. The molecule has 21 heavy (non-hydrogen) atoms. The first-order valence-corrected chi connectivity index (χ1v) is 7.29. The summed E-state index contributed by atoms with van der Waals surface area (Å²) >= 11 is 0. The molecule has 0 bridgehead atoms. The number of benzene rings is 1. The van der Waals surface area contributed by atoms with Crippen LogP contribution < -0.4 is 10.6 Å². The summed E-state index contributed by atoms with van der Waals surface area (Å²) in [6, 6.07) is 5.04. The summed E-state index contributed by atoms with van der Waals surface area (Å²) in [6.45, 7) is 5.27. The third-order valence-electron chi connectivity index (χ3n) is 4.22. The number of hydrogen-bond acceptors (Lipinski definition) is 4. The number of rotatable bonds is 4. The van der Waals surface area contributed by atoms with Crippen molar-refractivity contribution in [1.29, 1.82) is 0 Å². The van der Waals surface area contributed by atoms with Crippen molar-refractivity contribution in [3.63, 3.8) is 0 Å². The topological polar surface area (TPSA) is 89.5 Å². The van der Waals surface area contributed by atoms with Gasteiger partial charge in [-0.25, -0.2) is 0 Å². The van der Waals surface area contributed by atoms with Gasteiger partial charge < -0.3 is 10.6 Å². The number of piperidine rings is 1. The summed E-state index contributed by atoms with van der Waals surface area (Å²) < 4.78 is 0. The molecule has 1 aliphatic rings. The summed E-state index contributed by atoms with van der Waals surface area (Å²) in [7, 11) is 0. The second-order valence-electron chi connectivity index (χ2n) is 5.71. The van der Waals surface area contributed by atoms with Crippen molar-refractivity contribution in [2.45, 2.75) is 39.2 Å². The Morgan fingerprint density at radius 2 is 2.24 bits per heavy atom. The zero-order valence-corrected chi connectivity index (χ0v) is 12.4. The smallest absolute Gasteiger partial charge is 0.282 e. The van der Waals surface area contributed by atoms with E-state index in [1.807, 2.05) is 0 Å². The van der Waals surface area contributed by atoms with Gasteiger partial charge >= 0.3 is 0 Å². The zero-order chi connectivity index (χ0) is 15.6. The number of nitro groups is 1. The van der Waals surface area contributed by atoms with Crippen LogP contribution in [0.2, 0.25) is 0 Å². The summed E-state index contributed by atoms with van der Waals surface area (Å²) in [5.41, 5.74) is 5.86. The van der Waals surface area contributed by atoms with Crippen molar-refractivity contribution in [1.82, 2.24) is 0 Å². The van der Waals surface area contributed by atoms with E-state index >= 15 is 0 Å². The van der Waals surface area contributed by atoms with Gasteiger partial charge in [0.15, 0.2) is 0 Å². The van der Waals surface area contributed by atoms with Crippen LogP contribution in [-0.4, -0.2) is 23.4 Å². The molecule has 0 radical (unpaired) electrons. The molecule has 0 aliphatic carbocycles. The summed E-state index contributed by atoms with van der Waals surface area (Å²) in [5.74, 6) is -0.0816. The van der Waals surface area contributed by atoms with Crippen molar-refractivity contribution in [2.75, 3.05) is 11.4 Å². The van der Waals surface area contributed by atoms with Crippen LogP contribution in [0.3, 0.4) is 0 Å². The lowest BCUT2D eigenvalue weighted by Crippen LogP contribution is -2.41. The van der Waals surface area contributed by atoms with E-state index in [0.29, 0.717) is 12.0 Å². The van der Waals surface area contributed by atoms with Gasteiger partial charge in [-0.3, -0.25) is 14.9 Å². The molecule has 6 heteroatoms. The van der Waals surface area contributed by atoms with Crippen molar-refractivity contribution in [2.24, 2.45) is 11.7 Å². The minimum atomic E-state index is -0.762. The highest BCUT2D eigenvalue weighted by atomic mass is 16.6. The van der Waals surface area contributed by atoms with Gasteiger partial charge in [-0.15, -0.1) is 0 Å². The second-order valence-corrected chi connectivity index (χ2v) is 5.71. The second kappa shape index (κ2) is 6.11. The molecule has 0 saturated carbocycles. The standard InChI is InChI=1S/C15H21N3O3/c1-3-11-8-10(2)6-7-17(11)12-4-5-14(18(20)21)13(9-12)15(16)19/h4-5,9-11H,3,6-8H2,1-2H3,(H2,16,19)/t10-,11-/m1/s1.